The van der Waals surface area contributed by atoms with Crippen LogP contribution < -0.4 is 10.5 Å². The fourth-order valence-corrected chi connectivity index (χ4v) is 3.90. The number of rotatable bonds is 4. The van der Waals surface area contributed by atoms with E-state index in [4.69, 9.17) is 0 Å². The zero-order valence-corrected chi connectivity index (χ0v) is 11.9. The van der Waals surface area contributed by atoms with E-state index >= 15 is 0 Å². The predicted octanol–water partition coefficient (Wildman–Crippen LogP) is 2.20. The molecule has 3 atom stereocenters. The molecule has 1 aromatic rings. The number of hydrogen-bond donors (Lipinski definition) is 1. The Bertz CT molecular complexity index is 510. The average molecular weight is 261 g/mol. The summed E-state index contributed by atoms with van der Waals surface area (Å²) in [4.78, 5) is 21.1. The van der Waals surface area contributed by atoms with Gasteiger partial charge in [-0.3, -0.25) is 4.79 Å². The summed E-state index contributed by atoms with van der Waals surface area (Å²) in [5.74, 6) is 4.29. The van der Waals surface area contributed by atoms with Gasteiger partial charge in [0.15, 0.2) is 0 Å². The van der Waals surface area contributed by atoms with Crippen molar-refractivity contribution in [2.75, 3.05) is 18.5 Å². The number of H-pyrrole nitrogens is 1. The summed E-state index contributed by atoms with van der Waals surface area (Å²) in [6.07, 6.45) is 6.42. The van der Waals surface area contributed by atoms with Crippen LogP contribution in [0.25, 0.3) is 0 Å². The Labute approximate surface area is 114 Å². The molecule has 3 rings (SSSR count). The molecule has 104 valence electrons. The standard InChI is InChI=1S/C15H23N3O/c1-3-13-16-14(8-15(19)17-13)18(2)9-12-7-10-4-5-11(12)6-10/h8,10-12H,3-7,9H2,1-2H3,(H,16,17,19). The molecule has 0 radical (unpaired) electrons. The Balaban J connectivity index is 1.71. The molecule has 1 aromatic heterocycles. The van der Waals surface area contributed by atoms with Crippen molar-refractivity contribution in [3.8, 4) is 0 Å². The van der Waals surface area contributed by atoms with Crippen LogP contribution in [-0.4, -0.2) is 23.6 Å². The van der Waals surface area contributed by atoms with E-state index < -0.39 is 0 Å². The Morgan fingerprint density at radius 1 is 1.42 bits per heavy atom. The molecular formula is C15H23N3O. The van der Waals surface area contributed by atoms with Crippen LogP contribution in [-0.2, 0) is 6.42 Å². The first-order valence-corrected chi connectivity index (χ1v) is 7.47. The lowest BCUT2D eigenvalue weighted by atomic mass is 9.88. The van der Waals surface area contributed by atoms with Gasteiger partial charge < -0.3 is 9.88 Å². The summed E-state index contributed by atoms with van der Waals surface area (Å²) < 4.78 is 0. The molecular weight excluding hydrogens is 238 g/mol. The van der Waals surface area contributed by atoms with E-state index in [-0.39, 0.29) is 5.56 Å². The molecule has 0 amide bonds. The summed E-state index contributed by atoms with van der Waals surface area (Å²) in [6, 6.07) is 1.62. The largest absolute Gasteiger partial charge is 0.359 e. The van der Waals surface area contributed by atoms with Gasteiger partial charge in [-0.1, -0.05) is 13.3 Å². The number of fused-ring (bicyclic) bond motifs is 2. The van der Waals surface area contributed by atoms with Gasteiger partial charge in [-0.2, -0.15) is 0 Å². The lowest BCUT2D eigenvalue weighted by Gasteiger charge is -2.27. The topological polar surface area (TPSA) is 49.0 Å². The predicted molar refractivity (Wildman–Crippen MR) is 76.4 cm³/mol. The minimum Gasteiger partial charge on any atom is -0.359 e. The van der Waals surface area contributed by atoms with E-state index in [1.54, 1.807) is 6.07 Å². The van der Waals surface area contributed by atoms with E-state index in [1.807, 2.05) is 6.92 Å². The van der Waals surface area contributed by atoms with Crippen molar-refractivity contribution in [1.29, 1.82) is 0 Å². The highest BCUT2D eigenvalue weighted by molar-refractivity contribution is 5.36. The third-order valence-electron chi connectivity index (χ3n) is 4.90. The Kier molecular flexibility index (Phi) is 3.33. The molecule has 0 aromatic carbocycles. The minimum atomic E-state index is -0.0401. The number of aryl methyl sites for hydroxylation is 1. The highest BCUT2D eigenvalue weighted by Crippen LogP contribution is 2.48. The molecule has 0 saturated heterocycles. The normalized spacial score (nSPS) is 28.8. The number of aromatic nitrogens is 2. The van der Waals surface area contributed by atoms with Gasteiger partial charge in [0.05, 0.1) is 0 Å². The molecule has 0 spiro atoms. The number of nitrogens with zero attached hydrogens (tertiary/aromatic N) is 2. The van der Waals surface area contributed by atoms with Crippen LogP contribution >= 0.6 is 0 Å². The Morgan fingerprint density at radius 2 is 2.26 bits per heavy atom. The third-order valence-corrected chi connectivity index (χ3v) is 4.90. The highest BCUT2D eigenvalue weighted by Gasteiger charge is 2.39. The molecule has 3 unspecified atom stereocenters. The molecule has 2 aliphatic rings. The first-order valence-electron chi connectivity index (χ1n) is 7.47. The monoisotopic (exact) mass is 261 g/mol. The van der Waals surface area contributed by atoms with Crippen molar-refractivity contribution in [2.24, 2.45) is 17.8 Å². The van der Waals surface area contributed by atoms with E-state index in [9.17, 15) is 4.79 Å². The summed E-state index contributed by atoms with van der Waals surface area (Å²) in [5.41, 5.74) is -0.0401. The van der Waals surface area contributed by atoms with Crippen molar-refractivity contribution in [3.05, 3.63) is 22.2 Å². The third kappa shape index (κ3) is 2.53. The SMILES string of the molecule is CCc1nc(N(C)CC2CC3CCC2C3)cc(=O)[nH]1. The molecule has 19 heavy (non-hydrogen) atoms. The first-order chi connectivity index (χ1) is 9.15. The summed E-state index contributed by atoms with van der Waals surface area (Å²) in [7, 11) is 2.06. The Morgan fingerprint density at radius 3 is 2.89 bits per heavy atom. The summed E-state index contributed by atoms with van der Waals surface area (Å²) >= 11 is 0. The lowest BCUT2D eigenvalue weighted by Crippen LogP contribution is -2.30. The molecule has 0 aliphatic heterocycles. The van der Waals surface area contributed by atoms with Gasteiger partial charge in [0, 0.05) is 26.1 Å². The van der Waals surface area contributed by atoms with E-state index in [0.717, 1.165) is 42.4 Å². The molecule has 1 N–H and O–H groups in total. The van der Waals surface area contributed by atoms with Crippen LogP contribution in [0.3, 0.4) is 0 Å². The molecule has 1 heterocycles. The van der Waals surface area contributed by atoms with Gasteiger partial charge in [0.1, 0.15) is 11.6 Å². The van der Waals surface area contributed by atoms with E-state index in [1.165, 1.54) is 25.7 Å². The maximum atomic E-state index is 11.6. The molecule has 4 heteroatoms. The highest BCUT2D eigenvalue weighted by atomic mass is 16.1. The summed E-state index contributed by atoms with van der Waals surface area (Å²) in [5, 5.41) is 0. The van der Waals surface area contributed by atoms with Gasteiger partial charge in [-0.15, -0.1) is 0 Å². The van der Waals surface area contributed by atoms with Crippen LogP contribution in [0.15, 0.2) is 10.9 Å². The van der Waals surface area contributed by atoms with Crippen LogP contribution in [0.1, 0.15) is 38.4 Å². The van der Waals surface area contributed by atoms with Crippen LogP contribution in [0, 0.1) is 17.8 Å². The molecule has 4 nitrogen and oxygen atoms in total. The number of aromatic amines is 1. The van der Waals surface area contributed by atoms with Gasteiger partial charge >= 0.3 is 0 Å². The number of hydrogen-bond acceptors (Lipinski definition) is 3. The second-order valence-electron chi connectivity index (χ2n) is 6.22. The van der Waals surface area contributed by atoms with Crippen LogP contribution in [0.4, 0.5) is 5.82 Å². The zero-order chi connectivity index (χ0) is 13.4. The fourth-order valence-electron chi connectivity index (χ4n) is 3.90. The maximum absolute atomic E-state index is 11.6. The van der Waals surface area contributed by atoms with Gasteiger partial charge in [0.2, 0.25) is 0 Å². The van der Waals surface area contributed by atoms with Gasteiger partial charge in [-0.05, 0) is 37.0 Å². The van der Waals surface area contributed by atoms with Crippen molar-refractivity contribution in [1.82, 2.24) is 9.97 Å². The summed E-state index contributed by atoms with van der Waals surface area (Å²) in [6.45, 7) is 3.05. The van der Waals surface area contributed by atoms with Crippen molar-refractivity contribution >= 4 is 5.82 Å². The molecule has 2 fully saturated rings. The minimum absolute atomic E-state index is 0.0401. The fraction of sp³-hybridized carbons (Fsp3) is 0.733. The van der Waals surface area contributed by atoms with E-state index in [2.05, 4.69) is 21.9 Å². The van der Waals surface area contributed by atoms with Crippen LogP contribution in [0.2, 0.25) is 0 Å². The van der Waals surface area contributed by atoms with Crippen LogP contribution in [0.5, 0.6) is 0 Å². The second kappa shape index (κ2) is 4.99. The number of anilines is 1. The molecule has 2 aliphatic carbocycles. The second-order valence-corrected chi connectivity index (χ2v) is 6.22. The van der Waals surface area contributed by atoms with Crippen molar-refractivity contribution < 1.29 is 0 Å². The van der Waals surface area contributed by atoms with Gasteiger partial charge in [0.25, 0.3) is 5.56 Å². The average Bonchev–Trinajstić information content (AvgIpc) is 3.00. The number of nitrogens with one attached hydrogen (secondary N) is 1. The maximum Gasteiger partial charge on any atom is 0.252 e. The quantitative estimate of drug-likeness (QED) is 0.904. The Hall–Kier alpha value is -1.32. The van der Waals surface area contributed by atoms with Gasteiger partial charge in [-0.25, -0.2) is 4.98 Å². The smallest absolute Gasteiger partial charge is 0.252 e. The van der Waals surface area contributed by atoms with Crippen molar-refractivity contribution in [3.63, 3.8) is 0 Å². The van der Waals surface area contributed by atoms with E-state index in [0.29, 0.717) is 0 Å². The molecule has 2 saturated carbocycles. The van der Waals surface area contributed by atoms with Crippen molar-refractivity contribution in [2.45, 2.75) is 39.0 Å². The first kappa shape index (κ1) is 12.7. The lowest BCUT2D eigenvalue weighted by molar-refractivity contribution is 0.337. The molecule has 2 bridgehead atoms. The zero-order valence-electron chi connectivity index (χ0n) is 11.9.